The van der Waals surface area contributed by atoms with Gasteiger partial charge in [0.15, 0.2) is 17.1 Å². The van der Waals surface area contributed by atoms with Crippen LogP contribution >= 0.6 is 72.9 Å². The molecule has 0 unspecified atom stereocenters. The Kier molecular flexibility index (Phi) is 26.4. The molecule has 0 saturated carbocycles. The summed E-state index contributed by atoms with van der Waals surface area (Å²) in [6.45, 7) is -0.583. The number of halogens is 15. The predicted molar refractivity (Wildman–Crippen MR) is 519 cm³/mol. The third kappa shape index (κ3) is 19.2. The van der Waals surface area contributed by atoms with Crippen molar-refractivity contribution in [2.24, 2.45) is 0 Å². The number of alkyl halides is 12. The SMILES string of the molecule is CN(C)c1cccc(Cn2c(C(=O)O)c(-n3c(=O)[nH]c4cscc4c3=O)c3cc(C(F)(F)F)ccc32)c1.CS(=O)(=O)NC(=O)c1c(-n2c(=O)[nH]c3cscc3c2=O)c2cc(C(F)(F)F)ccc2n1Cc1ccoc1.O=C(O)c1c(-n2c(=O)[nH]c3cscc3c2=O)c2cc(C(F)(F)F)ccc2n1Cc1cc(F)ccc1Cl.O=C(O)c1c(-n2c(=O)[nH]c3cscc3c2=O)c2cc(C(F)(F)F)ccc2n1Cc1cccc(Br)c1. The van der Waals surface area contributed by atoms with Crippen LogP contribution in [0.1, 0.15) is 86.5 Å². The van der Waals surface area contributed by atoms with Gasteiger partial charge in [0, 0.05) is 113 Å². The maximum atomic E-state index is 13.9. The van der Waals surface area contributed by atoms with Gasteiger partial charge in [-0.05, 0) is 138 Å². The average molecular weight is 2180 g/mol. The van der Waals surface area contributed by atoms with Gasteiger partial charge in [0.25, 0.3) is 28.1 Å². The van der Waals surface area contributed by atoms with Crippen molar-refractivity contribution in [3.8, 4) is 22.7 Å². The quantitative estimate of drug-likeness (QED) is 0.0370. The third-order valence-electron chi connectivity index (χ3n) is 22.9. The van der Waals surface area contributed by atoms with Crippen LogP contribution < -0.4 is 54.6 Å². The first-order valence-corrected chi connectivity index (χ1v) is 48.2. The molecule has 20 aromatic rings. The lowest BCUT2D eigenvalue weighted by molar-refractivity contribution is -0.138. The molecular weight excluding hydrogens is 2120 g/mol. The maximum absolute atomic E-state index is 13.9. The van der Waals surface area contributed by atoms with Crippen LogP contribution in [0.3, 0.4) is 0 Å². The molecule has 0 aliphatic rings. The fourth-order valence-electron chi connectivity index (χ4n) is 16.6. The number of nitrogens with one attached hydrogen (secondary N) is 5. The van der Waals surface area contributed by atoms with Gasteiger partial charge >= 0.3 is 65.4 Å². The van der Waals surface area contributed by atoms with Crippen molar-refractivity contribution in [3.63, 3.8) is 0 Å². The summed E-state index contributed by atoms with van der Waals surface area (Å²) in [5.41, 5.74) is -11.8. The molecule has 32 nitrogen and oxygen atoms in total. The van der Waals surface area contributed by atoms with Crippen LogP contribution in [0, 0.1) is 5.82 Å². The molecule has 8 N–H and O–H groups in total. The van der Waals surface area contributed by atoms with Crippen molar-refractivity contribution < 1.29 is 104 Å². The Morgan fingerprint density at radius 3 is 1.06 bits per heavy atom. The molecule has 1 amide bonds. The van der Waals surface area contributed by atoms with E-state index in [1.807, 2.05) is 31.1 Å². The molecular formula is C93H59BrClF13N14O18S5. The number of amides is 1. The largest absolute Gasteiger partial charge is 0.477 e. The summed E-state index contributed by atoms with van der Waals surface area (Å²) < 4.78 is 216. The molecule has 0 radical (unpaired) electrons. The lowest BCUT2D eigenvalue weighted by atomic mass is 10.1. The van der Waals surface area contributed by atoms with Gasteiger partial charge in [-0.25, -0.2) is 69.4 Å². The number of carbonyl (C=O) groups is 4. The van der Waals surface area contributed by atoms with Crippen molar-refractivity contribution >= 4 is 200 Å². The van der Waals surface area contributed by atoms with Gasteiger partial charge in [-0.2, -0.15) is 52.7 Å². The van der Waals surface area contributed by atoms with Crippen LogP contribution in [-0.2, 0) is 60.9 Å². The second-order valence-electron chi connectivity index (χ2n) is 32.3. The molecule has 52 heteroatoms. The molecule has 13 aromatic heterocycles. The highest BCUT2D eigenvalue weighted by atomic mass is 79.9. The van der Waals surface area contributed by atoms with Gasteiger partial charge in [0.1, 0.15) is 11.5 Å². The number of hydrogen-bond donors (Lipinski definition) is 8. The summed E-state index contributed by atoms with van der Waals surface area (Å²) in [5.74, 6) is -6.55. The van der Waals surface area contributed by atoms with E-state index in [4.69, 9.17) is 16.0 Å². The van der Waals surface area contributed by atoms with Gasteiger partial charge in [0.05, 0.1) is 143 Å². The average Bonchev–Trinajstić information content (AvgIpc) is 1.59. The van der Waals surface area contributed by atoms with E-state index in [9.17, 15) is 138 Å². The Bertz CT molecular complexity index is 9450. The second kappa shape index (κ2) is 38.0. The number of carboxylic acids is 3. The molecule has 0 bridgehead atoms. The van der Waals surface area contributed by atoms with E-state index in [0.29, 0.717) is 53.3 Å². The molecule has 145 heavy (non-hydrogen) atoms. The van der Waals surface area contributed by atoms with Crippen LogP contribution in [-0.4, -0.2) is 124 Å². The highest BCUT2D eigenvalue weighted by molar-refractivity contribution is 9.10. The molecule has 744 valence electrons. The fourth-order valence-corrected chi connectivity index (χ4v) is 20.7. The third-order valence-corrected chi connectivity index (χ3v) is 27.3. The van der Waals surface area contributed by atoms with Crippen molar-refractivity contribution in [2.45, 2.75) is 50.9 Å². The van der Waals surface area contributed by atoms with Crippen LogP contribution in [0.4, 0.5) is 62.8 Å². The molecule has 0 aliphatic carbocycles. The van der Waals surface area contributed by atoms with Gasteiger partial charge in [-0.3, -0.25) is 24.0 Å². The number of hydrogen-bond acceptors (Lipinski definition) is 20. The minimum atomic E-state index is -4.79. The standard InChI is InChI=1S/C25H19F3N4O4S.C23H13BrF3N3O4S.C23H12ClF4N3O4S.C22H15F3N4O6S2/c1-30(2)15-5-3-4-13(8-15)10-31-19-7-6-14(25(26,27)28)9-16(19)20(21(31)23(34)35)32-22(33)17-11-37-12-18(17)29-24(32)36;24-13-3-1-2-11(6-13)8-29-17-5-4-12(23(25,26)27)7-14(17)18(19(29)21(32)33)30-20(31)15-9-35-10-16(15)28-22(30)34;24-15-3-2-12(25)5-10(15)7-30-17-4-1-11(23(26,27)28)6-13(17)18(19(30)21(33)34)31-20(32)14-8-36-9-16(14)29-22(31)35;1-37(33,34)27-19(30)18-17(29-20(31)14-9-36-10-15(14)26-21(29)32)13-6-12(22(23,24)25)2-3-16(13)28(18)7-11-4-5-35-8-11/h3-9,11-12H,10H2,1-2H3,(H,29,36)(H,34,35);1-7,9-10H,8H2,(H,28,34)(H,32,33);1-6,8-9H,7H2,(H,29,35)(H,33,34);2-6,8-10H,7H2,1H3,(H,26,32)(H,27,30). The smallest absolute Gasteiger partial charge is 0.416 e. The number of aromatic nitrogens is 12. The number of benzene rings is 7. The summed E-state index contributed by atoms with van der Waals surface area (Å²) in [7, 11) is -0.475. The molecule has 0 saturated heterocycles. The van der Waals surface area contributed by atoms with E-state index in [0.717, 1.165) is 133 Å². The highest BCUT2D eigenvalue weighted by Gasteiger charge is 2.40. The summed E-state index contributed by atoms with van der Waals surface area (Å²) in [5, 5.41) is 41.9. The zero-order valence-corrected chi connectivity index (χ0v) is 79.6. The minimum Gasteiger partial charge on any atom is -0.477 e. The monoisotopic (exact) mass is 2180 g/mol. The first-order valence-electron chi connectivity index (χ1n) is 41.3. The highest BCUT2D eigenvalue weighted by Crippen LogP contribution is 2.43. The molecule has 7 aromatic carbocycles. The van der Waals surface area contributed by atoms with Crippen LogP contribution in [0.15, 0.2) is 248 Å². The molecule has 0 fully saturated rings. The Morgan fingerprint density at radius 1 is 0.414 bits per heavy atom. The number of carboxylic acid groups (broad SMARTS) is 3. The molecule has 20 rings (SSSR count). The van der Waals surface area contributed by atoms with E-state index in [-0.39, 0.29) is 124 Å². The number of H-pyrrole nitrogens is 4. The zero-order chi connectivity index (χ0) is 104. The Balaban J connectivity index is 0.000000132. The number of fused-ring (bicyclic) bond motifs is 8. The van der Waals surface area contributed by atoms with Crippen LogP contribution in [0.25, 0.3) is 110 Å². The number of thiophene rings is 4. The van der Waals surface area contributed by atoms with E-state index in [2.05, 4.69) is 35.9 Å². The summed E-state index contributed by atoms with van der Waals surface area (Å²) in [4.78, 5) is 168. The maximum Gasteiger partial charge on any atom is 0.416 e. The normalized spacial score (nSPS) is 12.1. The first kappa shape index (κ1) is 101. The Labute approximate surface area is 825 Å². The van der Waals surface area contributed by atoms with Gasteiger partial charge in [0.2, 0.25) is 10.0 Å². The number of sulfonamides is 1. The lowest BCUT2D eigenvalue weighted by Gasteiger charge is -2.15. The summed E-state index contributed by atoms with van der Waals surface area (Å²) in [6.07, 6.45) is -15.7. The fraction of sp³-hybridized carbons (Fsp3) is 0.118. The van der Waals surface area contributed by atoms with Crippen molar-refractivity contribution in [1.29, 1.82) is 0 Å². The number of furan rings is 1. The molecule has 0 aliphatic heterocycles. The van der Waals surface area contributed by atoms with Crippen LogP contribution in [0.5, 0.6) is 0 Å². The van der Waals surface area contributed by atoms with E-state index >= 15 is 0 Å². The number of anilines is 1. The number of nitrogens with zero attached hydrogens (tertiary/aromatic N) is 9. The van der Waals surface area contributed by atoms with Gasteiger partial charge in [-0.1, -0.05) is 51.8 Å². The Hall–Kier alpha value is -16.0. The molecule has 0 spiro atoms. The van der Waals surface area contributed by atoms with Crippen molar-refractivity contribution in [2.75, 3.05) is 25.3 Å². The van der Waals surface area contributed by atoms with E-state index in [1.165, 1.54) is 70.6 Å². The lowest BCUT2D eigenvalue weighted by Crippen LogP contribution is -2.37. The van der Waals surface area contributed by atoms with Gasteiger partial charge < -0.3 is 62.8 Å². The minimum absolute atomic E-state index is 0.0292. The summed E-state index contributed by atoms with van der Waals surface area (Å²) >= 11 is 14.0. The van der Waals surface area contributed by atoms with Crippen molar-refractivity contribution in [1.82, 2.24) is 61.2 Å². The van der Waals surface area contributed by atoms with E-state index < -0.39 is 177 Å². The first-order chi connectivity index (χ1) is 68.3. The Morgan fingerprint density at radius 2 is 0.738 bits per heavy atom. The zero-order valence-electron chi connectivity index (χ0n) is 73.2. The van der Waals surface area contributed by atoms with E-state index in [1.54, 1.807) is 51.9 Å². The number of aromatic amines is 4. The number of aromatic carboxylic acids is 3. The molecule has 0 atom stereocenters. The molecule has 13 heterocycles. The topological polar surface area (TPSA) is 431 Å². The van der Waals surface area contributed by atoms with Crippen molar-refractivity contribution in [3.05, 3.63) is 367 Å². The van der Waals surface area contributed by atoms with Gasteiger partial charge in [-0.15, -0.1) is 45.3 Å². The number of carbonyl (C=O) groups excluding carboxylic acids is 1. The predicted octanol–water partition coefficient (Wildman–Crippen LogP) is 18.0. The van der Waals surface area contributed by atoms with Crippen LogP contribution in [0.2, 0.25) is 5.02 Å². The summed E-state index contributed by atoms with van der Waals surface area (Å²) in [6, 6.07) is 29.6. The number of rotatable bonds is 18. The second-order valence-corrected chi connectivity index (χ2v) is 38.4.